The Balaban J connectivity index is 1.40. The topological polar surface area (TPSA) is 112 Å². The molecule has 29 heavy (non-hydrogen) atoms. The molecule has 4 aromatic rings. The highest BCUT2D eigenvalue weighted by molar-refractivity contribution is 8.00. The summed E-state index contributed by atoms with van der Waals surface area (Å²) in [4.78, 5) is 28.8. The minimum atomic E-state index is -0.282. The van der Waals surface area contributed by atoms with Crippen molar-refractivity contribution in [1.82, 2.24) is 19.8 Å². The van der Waals surface area contributed by atoms with Crippen molar-refractivity contribution in [2.24, 2.45) is 0 Å². The van der Waals surface area contributed by atoms with Gasteiger partial charge in [-0.25, -0.2) is 4.98 Å². The van der Waals surface area contributed by atoms with E-state index in [0.29, 0.717) is 43.6 Å². The molecule has 0 aliphatic carbocycles. The van der Waals surface area contributed by atoms with E-state index >= 15 is 0 Å². The summed E-state index contributed by atoms with van der Waals surface area (Å²) in [6, 6.07) is 9.89. The van der Waals surface area contributed by atoms with Gasteiger partial charge in [-0.1, -0.05) is 23.1 Å². The minimum Gasteiger partial charge on any atom is -0.497 e. The lowest BCUT2D eigenvalue weighted by Gasteiger charge is -2.02. The Morgan fingerprint density at radius 1 is 1.28 bits per heavy atom. The molecule has 11 heteroatoms. The van der Waals surface area contributed by atoms with E-state index in [1.807, 2.05) is 0 Å². The normalized spacial score (nSPS) is 11.0. The smallest absolute Gasteiger partial charge is 0.287 e. The summed E-state index contributed by atoms with van der Waals surface area (Å²) >= 11 is 2.63. The van der Waals surface area contributed by atoms with Crippen LogP contribution in [0, 0.1) is 6.92 Å². The average Bonchev–Trinajstić information content (AvgIpc) is 3.32. The molecule has 148 valence electrons. The zero-order valence-electron chi connectivity index (χ0n) is 15.4. The van der Waals surface area contributed by atoms with Crippen molar-refractivity contribution in [3.05, 3.63) is 63.8 Å². The first-order chi connectivity index (χ1) is 14.0. The van der Waals surface area contributed by atoms with E-state index in [1.165, 1.54) is 29.2 Å². The van der Waals surface area contributed by atoms with Crippen molar-refractivity contribution in [2.75, 3.05) is 12.4 Å². The van der Waals surface area contributed by atoms with Gasteiger partial charge in [0.05, 0.1) is 12.8 Å². The largest absolute Gasteiger partial charge is 0.497 e. The van der Waals surface area contributed by atoms with Gasteiger partial charge < -0.3 is 9.26 Å². The first-order valence-corrected chi connectivity index (χ1v) is 10.2. The van der Waals surface area contributed by atoms with Crippen molar-refractivity contribution in [3.8, 4) is 5.75 Å². The number of nitrogens with one attached hydrogen (secondary N) is 1. The zero-order chi connectivity index (χ0) is 20.4. The predicted molar refractivity (Wildman–Crippen MR) is 109 cm³/mol. The van der Waals surface area contributed by atoms with E-state index in [0.717, 1.165) is 4.57 Å². The Morgan fingerprint density at radius 2 is 2.07 bits per heavy atom. The number of ether oxygens (including phenoxy) is 1. The fourth-order valence-corrected chi connectivity index (χ4v) is 4.15. The Morgan fingerprint density at radius 3 is 2.83 bits per heavy atom. The molecule has 3 aromatic heterocycles. The van der Waals surface area contributed by atoms with Gasteiger partial charge in [-0.3, -0.25) is 14.9 Å². The Bertz CT molecular complexity index is 1230. The van der Waals surface area contributed by atoms with Crippen molar-refractivity contribution in [2.45, 2.75) is 17.0 Å². The van der Waals surface area contributed by atoms with Gasteiger partial charge >= 0.3 is 0 Å². The third kappa shape index (κ3) is 4.30. The van der Waals surface area contributed by atoms with Crippen LogP contribution >= 0.6 is 23.1 Å². The molecule has 0 spiro atoms. The molecule has 9 nitrogen and oxygen atoms in total. The summed E-state index contributed by atoms with van der Waals surface area (Å²) < 4.78 is 12.2. The third-order valence-corrected chi connectivity index (χ3v) is 5.85. The Kier molecular flexibility index (Phi) is 5.32. The van der Waals surface area contributed by atoms with Crippen LogP contribution in [0.3, 0.4) is 0 Å². The average molecular weight is 429 g/mol. The van der Waals surface area contributed by atoms with Crippen LogP contribution in [0.1, 0.15) is 21.8 Å². The number of carbonyl (C=O) groups is 1. The van der Waals surface area contributed by atoms with E-state index in [1.54, 1.807) is 44.4 Å². The quantitative estimate of drug-likeness (QED) is 0.368. The number of nitrogens with zero attached hydrogens (tertiary/aromatic N) is 4. The highest BCUT2D eigenvalue weighted by Gasteiger charge is 2.12. The van der Waals surface area contributed by atoms with Crippen LogP contribution in [0.15, 0.2) is 50.1 Å². The summed E-state index contributed by atoms with van der Waals surface area (Å²) in [5.74, 6) is 1.45. The molecular weight excluding hydrogens is 414 g/mol. The molecule has 1 aromatic carbocycles. The molecule has 3 heterocycles. The number of amides is 1. The van der Waals surface area contributed by atoms with Crippen molar-refractivity contribution in [3.63, 3.8) is 0 Å². The first-order valence-electron chi connectivity index (χ1n) is 8.43. The number of aryl methyl sites for hydroxylation is 1. The highest BCUT2D eigenvalue weighted by atomic mass is 32.2. The van der Waals surface area contributed by atoms with Gasteiger partial charge in [0, 0.05) is 23.4 Å². The van der Waals surface area contributed by atoms with Crippen LogP contribution in [0.5, 0.6) is 5.75 Å². The number of methoxy groups -OCH3 is 1. The van der Waals surface area contributed by atoms with Crippen LogP contribution in [0.25, 0.3) is 5.65 Å². The second kappa shape index (κ2) is 8.05. The molecule has 4 rings (SSSR count). The number of fused-ring (bicyclic) bond motifs is 1. The Hall–Kier alpha value is -3.18. The Labute approximate surface area is 172 Å². The number of hydrogen-bond donors (Lipinski definition) is 1. The molecule has 0 unspecified atom stereocenters. The standard InChI is InChI=1S/C18H15N5O4S2/c1-10-7-14-19-12(8-15(24)23(14)27-10)9-28-18-22-21-17(29-18)20-16(25)11-3-5-13(26-2)6-4-11/h3-8H,9H2,1-2H3,(H,20,21,25). The third-order valence-electron chi connectivity index (χ3n) is 3.85. The van der Waals surface area contributed by atoms with E-state index in [4.69, 9.17) is 9.26 Å². The van der Waals surface area contributed by atoms with Gasteiger partial charge in [-0.15, -0.1) is 14.8 Å². The lowest BCUT2D eigenvalue weighted by molar-refractivity contribution is 0.102. The molecule has 1 N–H and O–H groups in total. The molecule has 0 radical (unpaired) electrons. The number of hydrogen-bond acceptors (Lipinski definition) is 9. The second-order valence-electron chi connectivity index (χ2n) is 5.93. The van der Waals surface area contributed by atoms with E-state index in [9.17, 15) is 9.59 Å². The van der Waals surface area contributed by atoms with Crippen molar-refractivity contribution < 1.29 is 14.1 Å². The van der Waals surface area contributed by atoms with Crippen LogP contribution < -0.4 is 15.6 Å². The van der Waals surface area contributed by atoms with E-state index in [-0.39, 0.29) is 11.5 Å². The van der Waals surface area contributed by atoms with Crippen LogP contribution in [-0.2, 0) is 5.75 Å². The van der Waals surface area contributed by atoms with Gasteiger partial charge in [-0.05, 0) is 31.2 Å². The van der Waals surface area contributed by atoms with Crippen molar-refractivity contribution in [1.29, 1.82) is 0 Å². The summed E-state index contributed by atoms with van der Waals surface area (Å²) in [6.07, 6.45) is 0. The maximum Gasteiger partial charge on any atom is 0.287 e. The lowest BCUT2D eigenvalue weighted by atomic mass is 10.2. The highest BCUT2D eigenvalue weighted by Crippen LogP contribution is 2.28. The van der Waals surface area contributed by atoms with Crippen LogP contribution in [0.2, 0.25) is 0 Å². The zero-order valence-corrected chi connectivity index (χ0v) is 17.0. The molecule has 0 fully saturated rings. The maximum absolute atomic E-state index is 12.3. The minimum absolute atomic E-state index is 0.275. The maximum atomic E-state index is 12.3. The first kappa shape index (κ1) is 19.2. The van der Waals surface area contributed by atoms with Crippen LogP contribution in [0.4, 0.5) is 5.13 Å². The number of carbonyl (C=O) groups excluding carboxylic acids is 1. The number of rotatable bonds is 6. The second-order valence-corrected chi connectivity index (χ2v) is 8.13. The molecule has 0 saturated heterocycles. The fraction of sp³-hybridized carbons (Fsp3) is 0.167. The van der Waals surface area contributed by atoms with Gasteiger partial charge in [-0.2, -0.15) is 0 Å². The monoisotopic (exact) mass is 429 g/mol. The number of thioether (sulfide) groups is 1. The molecule has 1 amide bonds. The summed E-state index contributed by atoms with van der Waals surface area (Å²) in [7, 11) is 1.57. The SMILES string of the molecule is COc1ccc(C(=O)Nc2nnc(SCc3cc(=O)n4oc(C)cc4n3)s2)cc1. The number of anilines is 1. The summed E-state index contributed by atoms with van der Waals surface area (Å²) in [5, 5.41) is 11.2. The molecule has 0 aliphatic heterocycles. The summed E-state index contributed by atoms with van der Waals surface area (Å²) in [6.45, 7) is 1.76. The van der Waals surface area contributed by atoms with Gasteiger partial charge in [0.1, 0.15) is 11.5 Å². The molecule has 0 saturated carbocycles. The van der Waals surface area contributed by atoms with Crippen molar-refractivity contribution >= 4 is 39.8 Å². The number of benzene rings is 1. The number of aromatic nitrogens is 4. The predicted octanol–water partition coefficient (Wildman–Crippen LogP) is 3.00. The van der Waals surface area contributed by atoms with E-state index in [2.05, 4.69) is 20.5 Å². The summed E-state index contributed by atoms with van der Waals surface area (Å²) in [5.41, 5.74) is 1.29. The molecular formula is C18H15N5O4S2. The van der Waals surface area contributed by atoms with Gasteiger partial charge in [0.25, 0.3) is 11.5 Å². The fourth-order valence-electron chi connectivity index (χ4n) is 2.51. The van der Waals surface area contributed by atoms with E-state index < -0.39 is 0 Å². The molecule has 0 aliphatic rings. The van der Waals surface area contributed by atoms with Crippen LogP contribution in [-0.4, -0.2) is 32.8 Å². The molecule has 0 atom stereocenters. The van der Waals surface area contributed by atoms with Gasteiger partial charge in [0.2, 0.25) is 5.13 Å². The molecule has 0 bridgehead atoms. The van der Waals surface area contributed by atoms with Gasteiger partial charge in [0.15, 0.2) is 9.99 Å². The lowest BCUT2D eigenvalue weighted by Crippen LogP contribution is -2.12.